The maximum Gasteiger partial charge on any atom is 0.293 e. The maximum atomic E-state index is 13.5. The second kappa shape index (κ2) is 6.60. The van der Waals surface area contributed by atoms with Crippen molar-refractivity contribution in [2.45, 2.75) is 31.7 Å². The van der Waals surface area contributed by atoms with Gasteiger partial charge in [-0.05, 0) is 43.5 Å². The number of rotatable bonds is 4. The van der Waals surface area contributed by atoms with Gasteiger partial charge in [-0.2, -0.15) is 10.2 Å². The Kier molecular flexibility index (Phi) is 4.05. The Balaban J connectivity index is 1.77. The highest BCUT2D eigenvalue weighted by Crippen LogP contribution is 2.41. The van der Waals surface area contributed by atoms with E-state index < -0.39 is 0 Å². The molecular formula is C22H19ClN4O. The van der Waals surface area contributed by atoms with Crippen LogP contribution in [0.2, 0.25) is 5.02 Å². The summed E-state index contributed by atoms with van der Waals surface area (Å²) in [5.41, 5.74) is 3.19. The summed E-state index contributed by atoms with van der Waals surface area (Å²) in [6, 6.07) is 17.2. The van der Waals surface area contributed by atoms with E-state index in [2.05, 4.69) is 5.10 Å². The van der Waals surface area contributed by atoms with Crippen molar-refractivity contribution in [1.29, 1.82) is 0 Å². The summed E-state index contributed by atoms with van der Waals surface area (Å²) in [6.45, 7) is 2.01. The summed E-state index contributed by atoms with van der Waals surface area (Å²) >= 11 is 6.17. The first-order valence-corrected chi connectivity index (χ1v) is 9.82. The first-order valence-electron chi connectivity index (χ1n) is 9.45. The van der Waals surface area contributed by atoms with E-state index in [-0.39, 0.29) is 11.6 Å². The van der Waals surface area contributed by atoms with Crippen LogP contribution in [-0.4, -0.2) is 19.6 Å². The lowest BCUT2D eigenvalue weighted by Gasteiger charge is -2.16. The van der Waals surface area contributed by atoms with E-state index in [1.54, 1.807) is 15.6 Å². The van der Waals surface area contributed by atoms with Crippen molar-refractivity contribution in [3.8, 4) is 5.69 Å². The summed E-state index contributed by atoms with van der Waals surface area (Å²) in [7, 11) is 0. The Morgan fingerprint density at radius 1 is 1.11 bits per heavy atom. The third-order valence-corrected chi connectivity index (χ3v) is 5.57. The molecule has 2 heterocycles. The number of halogens is 1. The van der Waals surface area contributed by atoms with Crippen molar-refractivity contribution >= 4 is 22.5 Å². The predicted octanol–water partition coefficient (Wildman–Crippen LogP) is 4.72. The van der Waals surface area contributed by atoms with Gasteiger partial charge in [0.25, 0.3) is 5.56 Å². The number of hydrogen-bond acceptors (Lipinski definition) is 3. The van der Waals surface area contributed by atoms with Gasteiger partial charge >= 0.3 is 0 Å². The molecule has 28 heavy (non-hydrogen) atoms. The van der Waals surface area contributed by atoms with E-state index >= 15 is 0 Å². The Labute approximate surface area is 167 Å². The first-order chi connectivity index (χ1) is 13.6. The molecule has 0 radical (unpaired) electrons. The number of hydrogen-bond donors (Lipinski definition) is 0. The SMILES string of the molecule is CC(c1ccccc1)n1nc(C2CC2)c2cnn(-c3cccc(Cl)c3)c2c1=O. The Bertz CT molecular complexity index is 1220. The van der Waals surface area contributed by atoms with Crippen LogP contribution in [0.3, 0.4) is 0 Å². The second-order valence-electron chi connectivity index (χ2n) is 7.29. The average Bonchev–Trinajstić information content (AvgIpc) is 3.46. The molecule has 2 aromatic heterocycles. The van der Waals surface area contributed by atoms with E-state index in [1.807, 2.05) is 61.5 Å². The summed E-state index contributed by atoms with van der Waals surface area (Å²) in [5.74, 6) is 0.398. The van der Waals surface area contributed by atoms with Crippen LogP contribution in [0, 0.1) is 0 Å². The zero-order chi connectivity index (χ0) is 19.3. The molecular weight excluding hydrogens is 372 g/mol. The summed E-state index contributed by atoms with van der Waals surface area (Å²) in [4.78, 5) is 13.5. The number of nitrogens with zero attached hydrogens (tertiary/aromatic N) is 4. The van der Waals surface area contributed by atoms with Gasteiger partial charge in [0.2, 0.25) is 0 Å². The Morgan fingerprint density at radius 2 is 1.89 bits per heavy atom. The predicted molar refractivity (Wildman–Crippen MR) is 110 cm³/mol. The van der Waals surface area contributed by atoms with Crippen LogP contribution in [0.1, 0.15) is 43.0 Å². The third-order valence-electron chi connectivity index (χ3n) is 5.34. The van der Waals surface area contributed by atoms with E-state index in [4.69, 9.17) is 16.7 Å². The molecule has 1 aliphatic rings. The normalized spacial score (nSPS) is 15.1. The quantitative estimate of drug-likeness (QED) is 0.506. The molecule has 4 aromatic rings. The van der Waals surface area contributed by atoms with Gasteiger partial charge < -0.3 is 0 Å². The second-order valence-corrected chi connectivity index (χ2v) is 7.73. The van der Waals surface area contributed by atoms with Gasteiger partial charge in [0, 0.05) is 16.3 Å². The molecule has 0 spiro atoms. The molecule has 0 N–H and O–H groups in total. The highest BCUT2D eigenvalue weighted by molar-refractivity contribution is 6.30. The van der Waals surface area contributed by atoms with Gasteiger partial charge in [0.15, 0.2) is 0 Å². The fourth-order valence-corrected chi connectivity index (χ4v) is 3.85. The monoisotopic (exact) mass is 390 g/mol. The van der Waals surface area contributed by atoms with Crippen LogP contribution in [-0.2, 0) is 0 Å². The summed E-state index contributed by atoms with van der Waals surface area (Å²) < 4.78 is 3.29. The van der Waals surface area contributed by atoms with Gasteiger partial charge in [-0.3, -0.25) is 4.79 Å². The van der Waals surface area contributed by atoms with Crippen LogP contribution in [0.5, 0.6) is 0 Å². The molecule has 1 unspecified atom stereocenters. The molecule has 1 aliphatic carbocycles. The van der Waals surface area contributed by atoms with Crippen molar-refractivity contribution < 1.29 is 0 Å². The van der Waals surface area contributed by atoms with Gasteiger partial charge in [-0.1, -0.05) is 48.0 Å². The van der Waals surface area contributed by atoms with Crippen molar-refractivity contribution in [1.82, 2.24) is 19.6 Å². The maximum absolute atomic E-state index is 13.5. The zero-order valence-corrected chi connectivity index (χ0v) is 16.2. The highest BCUT2D eigenvalue weighted by Gasteiger charge is 2.31. The van der Waals surface area contributed by atoms with E-state index in [0.29, 0.717) is 16.5 Å². The van der Waals surface area contributed by atoms with Crippen LogP contribution in [0.15, 0.2) is 65.6 Å². The molecule has 0 aliphatic heterocycles. The smallest absolute Gasteiger partial charge is 0.265 e. The topological polar surface area (TPSA) is 52.7 Å². The van der Waals surface area contributed by atoms with Crippen molar-refractivity contribution in [3.63, 3.8) is 0 Å². The number of aromatic nitrogens is 4. The molecule has 5 nitrogen and oxygen atoms in total. The molecule has 2 aromatic carbocycles. The third kappa shape index (κ3) is 2.83. The molecule has 0 bridgehead atoms. The number of fused-ring (bicyclic) bond motifs is 1. The Hall–Kier alpha value is -2.92. The fraction of sp³-hybridized carbons (Fsp3) is 0.227. The van der Waals surface area contributed by atoms with Gasteiger partial charge in [0.05, 0.1) is 23.6 Å². The molecule has 0 amide bonds. The average molecular weight is 391 g/mol. The largest absolute Gasteiger partial charge is 0.293 e. The van der Waals surface area contributed by atoms with E-state index in [0.717, 1.165) is 35.2 Å². The molecule has 6 heteroatoms. The lowest BCUT2D eigenvalue weighted by molar-refractivity contribution is 0.526. The lowest BCUT2D eigenvalue weighted by atomic mass is 10.1. The van der Waals surface area contributed by atoms with Crippen molar-refractivity contribution in [3.05, 3.63) is 87.4 Å². The van der Waals surface area contributed by atoms with E-state index in [1.165, 1.54) is 0 Å². The summed E-state index contributed by atoms with van der Waals surface area (Å²) in [5, 5.41) is 10.7. The minimum atomic E-state index is -0.168. The van der Waals surface area contributed by atoms with Crippen molar-refractivity contribution in [2.24, 2.45) is 0 Å². The fourth-order valence-electron chi connectivity index (χ4n) is 3.66. The first kappa shape index (κ1) is 17.2. The number of benzene rings is 2. The molecule has 1 atom stereocenters. The molecule has 1 saturated carbocycles. The van der Waals surface area contributed by atoms with Crippen LogP contribution in [0.4, 0.5) is 0 Å². The van der Waals surface area contributed by atoms with Gasteiger partial charge in [-0.15, -0.1) is 0 Å². The van der Waals surface area contributed by atoms with Crippen LogP contribution in [0.25, 0.3) is 16.6 Å². The minimum Gasteiger partial charge on any atom is -0.265 e. The molecule has 1 fully saturated rings. The van der Waals surface area contributed by atoms with Gasteiger partial charge in [0.1, 0.15) is 5.52 Å². The van der Waals surface area contributed by atoms with Crippen LogP contribution < -0.4 is 5.56 Å². The molecule has 140 valence electrons. The molecule has 5 rings (SSSR count). The summed E-state index contributed by atoms with van der Waals surface area (Å²) in [6.07, 6.45) is 3.96. The highest BCUT2D eigenvalue weighted by atomic mass is 35.5. The van der Waals surface area contributed by atoms with Crippen molar-refractivity contribution in [2.75, 3.05) is 0 Å². The van der Waals surface area contributed by atoms with Crippen LogP contribution >= 0.6 is 11.6 Å². The standard InChI is InChI=1S/C22H19ClN4O/c1-14(15-6-3-2-4-7-15)26-22(28)21-19(20(25-26)16-10-11-16)13-24-27(21)18-9-5-8-17(23)12-18/h2-9,12-14,16H,10-11H2,1H3. The minimum absolute atomic E-state index is 0.145. The Morgan fingerprint density at radius 3 is 2.61 bits per heavy atom. The lowest BCUT2D eigenvalue weighted by Crippen LogP contribution is -2.29. The van der Waals surface area contributed by atoms with E-state index in [9.17, 15) is 4.79 Å². The molecule has 0 saturated heterocycles. The van der Waals surface area contributed by atoms with Gasteiger partial charge in [-0.25, -0.2) is 9.36 Å². The zero-order valence-electron chi connectivity index (χ0n) is 15.4.